The van der Waals surface area contributed by atoms with Crippen molar-refractivity contribution < 1.29 is 14.3 Å². The Morgan fingerprint density at radius 1 is 1.39 bits per heavy atom. The fourth-order valence-electron chi connectivity index (χ4n) is 2.84. The Bertz CT molecular complexity index is 557. The average molecular weight is 339 g/mol. The van der Waals surface area contributed by atoms with Crippen LogP contribution >= 0.6 is 11.6 Å². The van der Waals surface area contributed by atoms with E-state index in [4.69, 9.17) is 16.3 Å². The molecule has 1 unspecified atom stereocenters. The number of halogens is 1. The highest BCUT2D eigenvalue weighted by atomic mass is 35.5. The quantitative estimate of drug-likeness (QED) is 0.897. The smallest absolute Gasteiger partial charge is 0.223 e. The first-order valence-corrected chi connectivity index (χ1v) is 8.20. The van der Waals surface area contributed by atoms with Crippen LogP contribution in [0.1, 0.15) is 31.4 Å². The molecule has 6 heteroatoms. The van der Waals surface area contributed by atoms with Crippen molar-refractivity contribution in [2.24, 2.45) is 5.92 Å². The third-order valence-electron chi connectivity index (χ3n) is 4.28. The maximum Gasteiger partial charge on any atom is 0.223 e. The lowest BCUT2D eigenvalue weighted by Crippen LogP contribution is -2.43. The van der Waals surface area contributed by atoms with E-state index in [-0.39, 0.29) is 23.8 Å². The Morgan fingerprint density at radius 3 is 2.65 bits per heavy atom. The summed E-state index contributed by atoms with van der Waals surface area (Å²) in [6.07, 6.45) is 1.19. The number of likely N-dealkylation sites (tertiary alicyclic amines) is 1. The molecule has 0 spiro atoms. The van der Waals surface area contributed by atoms with Gasteiger partial charge in [-0.2, -0.15) is 0 Å². The first-order valence-electron chi connectivity index (χ1n) is 7.82. The van der Waals surface area contributed by atoms with E-state index in [1.807, 2.05) is 18.2 Å². The van der Waals surface area contributed by atoms with Gasteiger partial charge in [-0.05, 0) is 30.5 Å². The predicted molar refractivity (Wildman–Crippen MR) is 89.2 cm³/mol. The molecule has 1 N–H and O–H groups in total. The summed E-state index contributed by atoms with van der Waals surface area (Å²) in [5, 5.41) is 3.60. The molecule has 0 aliphatic carbocycles. The van der Waals surface area contributed by atoms with Crippen molar-refractivity contribution in [2.75, 3.05) is 26.7 Å². The van der Waals surface area contributed by atoms with Gasteiger partial charge in [0.15, 0.2) is 0 Å². The Kier molecular flexibility index (Phi) is 6.42. The second kappa shape index (κ2) is 8.31. The monoisotopic (exact) mass is 338 g/mol. The van der Waals surface area contributed by atoms with E-state index in [0.717, 1.165) is 5.56 Å². The standard InChI is InChI=1S/C17H23ClN2O3/c1-12(21)20-8-6-13(7-9-20)17(22)19-11-16(23-2)14-4-3-5-15(18)10-14/h3-5,10,13,16H,6-9,11H2,1-2H3,(H,19,22). The molecular formula is C17H23ClN2O3. The number of nitrogens with one attached hydrogen (secondary N) is 1. The maximum atomic E-state index is 12.3. The molecule has 23 heavy (non-hydrogen) atoms. The van der Waals surface area contributed by atoms with Gasteiger partial charge in [-0.3, -0.25) is 9.59 Å². The normalized spacial score (nSPS) is 16.9. The lowest BCUT2D eigenvalue weighted by atomic mass is 9.95. The number of rotatable bonds is 5. The number of benzene rings is 1. The van der Waals surface area contributed by atoms with Crippen molar-refractivity contribution >= 4 is 23.4 Å². The predicted octanol–water partition coefficient (Wildman–Crippen LogP) is 2.40. The van der Waals surface area contributed by atoms with Gasteiger partial charge in [0.05, 0.1) is 6.10 Å². The molecule has 1 aliphatic rings. The highest BCUT2D eigenvalue weighted by molar-refractivity contribution is 6.30. The fraction of sp³-hybridized carbons (Fsp3) is 0.529. The molecule has 0 saturated carbocycles. The molecule has 0 aromatic heterocycles. The zero-order chi connectivity index (χ0) is 16.8. The molecule has 0 bridgehead atoms. The minimum atomic E-state index is -0.227. The van der Waals surface area contributed by atoms with E-state index in [9.17, 15) is 9.59 Å². The van der Waals surface area contributed by atoms with Crippen LogP contribution in [0.15, 0.2) is 24.3 Å². The van der Waals surface area contributed by atoms with Crippen molar-refractivity contribution in [1.29, 1.82) is 0 Å². The van der Waals surface area contributed by atoms with Gasteiger partial charge >= 0.3 is 0 Å². The Morgan fingerprint density at radius 2 is 2.09 bits per heavy atom. The fourth-order valence-corrected chi connectivity index (χ4v) is 3.04. The van der Waals surface area contributed by atoms with Gasteiger partial charge in [-0.15, -0.1) is 0 Å². The van der Waals surface area contributed by atoms with Gasteiger partial charge in [0.2, 0.25) is 11.8 Å². The highest BCUT2D eigenvalue weighted by Crippen LogP contribution is 2.21. The summed E-state index contributed by atoms with van der Waals surface area (Å²) < 4.78 is 5.45. The van der Waals surface area contributed by atoms with Crippen LogP contribution < -0.4 is 5.32 Å². The molecule has 1 atom stereocenters. The van der Waals surface area contributed by atoms with Gasteiger partial charge in [0.25, 0.3) is 0 Å². The summed E-state index contributed by atoms with van der Waals surface area (Å²) in [6.45, 7) is 3.27. The SMILES string of the molecule is COC(CNC(=O)C1CCN(C(C)=O)CC1)c1cccc(Cl)c1. The number of carbonyl (C=O) groups excluding carboxylic acids is 2. The first kappa shape index (κ1) is 17.8. The number of hydrogen-bond acceptors (Lipinski definition) is 3. The summed E-state index contributed by atoms with van der Waals surface area (Å²) in [4.78, 5) is 25.4. The van der Waals surface area contributed by atoms with E-state index in [0.29, 0.717) is 37.5 Å². The molecular weight excluding hydrogens is 316 g/mol. The summed E-state index contributed by atoms with van der Waals surface area (Å²) in [5.74, 6) is 0.0593. The molecule has 1 aliphatic heterocycles. The Balaban J connectivity index is 1.85. The summed E-state index contributed by atoms with van der Waals surface area (Å²) in [7, 11) is 1.61. The van der Waals surface area contributed by atoms with Crippen LogP contribution in [0.3, 0.4) is 0 Å². The minimum absolute atomic E-state index is 0.0253. The third-order valence-corrected chi connectivity index (χ3v) is 4.51. The van der Waals surface area contributed by atoms with E-state index in [1.165, 1.54) is 0 Å². The number of nitrogens with zero attached hydrogens (tertiary/aromatic N) is 1. The van der Waals surface area contributed by atoms with E-state index < -0.39 is 0 Å². The van der Waals surface area contributed by atoms with Gasteiger partial charge in [0, 0.05) is 44.6 Å². The molecule has 5 nitrogen and oxygen atoms in total. The van der Waals surface area contributed by atoms with E-state index in [2.05, 4.69) is 5.32 Å². The van der Waals surface area contributed by atoms with Gasteiger partial charge < -0.3 is 15.0 Å². The van der Waals surface area contributed by atoms with Crippen LogP contribution in [0.5, 0.6) is 0 Å². The summed E-state index contributed by atoms with van der Waals surface area (Å²) in [6, 6.07) is 7.44. The Labute approximate surface area is 141 Å². The lowest BCUT2D eigenvalue weighted by Gasteiger charge is -2.30. The van der Waals surface area contributed by atoms with Crippen LogP contribution in [0.4, 0.5) is 0 Å². The van der Waals surface area contributed by atoms with Gasteiger partial charge in [-0.25, -0.2) is 0 Å². The van der Waals surface area contributed by atoms with Crippen molar-refractivity contribution in [3.05, 3.63) is 34.9 Å². The Hall–Kier alpha value is -1.59. The molecule has 1 aromatic rings. The third kappa shape index (κ3) is 4.94. The topological polar surface area (TPSA) is 58.6 Å². The molecule has 1 fully saturated rings. The molecule has 2 rings (SSSR count). The number of amides is 2. The van der Waals surface area contributed by atoms with E-state index in [1.54, 1.807) is 25.0 Å². The number of carbonyl (C=O) groups is 2. The van der Waals surface area contributed by atoms with Crippen molar-refractivity contribution in [3.8, 4) is 0 Å². The largest absolute Gasteiger partial charge is 0.375 e. The molecule has 1 aromatic carbocycles. The van der Waals surface area contributed by atoms with E-state index >= 15 is 0 Å². The zero-order valence-electron chi connectivity index (χ0n) is 13.5. The van der Waals surface area contributed by atoms with Crippen LogP contribution in [0.25, 0.3) is 0 Å². The first-order chi connectivity index (χ1) is 11.0. The van der Waals surface area contributed by atoms with Crippen molar-refractivity contribution in [2.45, 2.75) is 25.9 Å². The van der Waals surface area contributed by atoms with Crippen LogP contribution in [0.2, 0.25) is 5.02 Å². The number of hydrogen-bond donors (Lipinski definition) is 1. The molecule has 1 heterocycles. The van der Waals surface area contributed by atoms with Crippen molar-refractivity contribution in [1.82, 2.24) is 10.2 Å². The highest BCUT2D eigenvalue weighted by Gasteiger charge is 2.26. The number of ether oxygens (including phenoxy) is 1. The van der Waals surface area contributed by atoms with Crippen molar-refractivity contribution in [3.63, 3.8) is 0 Å². The maximum absolute atomic E-state index is 12.3. The van der Waals surface area contributed by atoms with Crippen LogP contribution in [0, 0.1) is 5.92 Å². The molecule has 2 amide bonds. The number of methoxy groups -OCH3 is 1. The second-order valence-electron chi connectivity index (χ2n) is 5.80. The summed E-state index contributed by atoms with van der Waals surface area (Å²) in [5.41, 5.74) is 0.937. The number of piperidine rings is 1. The van der Waals surface area contributed by atoms with Gasteiger partial charge in [-0.1, -0.05) is 23.7 Å². The zero-order valence-corrected chi connectivity index (χ0v) is 14.3. The molecule has 0 radical (unpaired) electrons. The van der Waals surface area contributed by atoms with Gasteiger partial charge in [0.1, 0.15) is 0 Å². The second-order valence-corrected chi connectivity index (χ2v) is 6.24. The summed E-state index contributed by atoms with van der Waals surface area (Å²) >= 11 is 5.99. The van der Waals surface area contributed by atoms with Crippen LogP contribution in [-0.2, 0) is 14.3 Å². The average Bonchev–Trinajstić information content (AvgIpc) is 2.55. The minimum Gasteiger partial charge on any atom is -0.375 e. The molecule has 126 valence electrons. The molecule has 1 saturated heterocycles. The lowest BCUT2D eigenvalue weighted by molar-refractivity contribution is -0.134. The van der Waals surface area contributed by atoms with Crippen LogP contribution in [-0.4, -0.2) is 43.5 Å².